The maximum Gasteiger partial charge on any atom is 0.410 e. The molecule has 15 heteroatoms. The summed E-state index contributed by atoms with van der Waals surface area (Å²) >= 11 is 1.64. The van der Waals surface area contributed by atoms with E-state index in [0.717, 1.165) is 87.1 Å². The van der Waals surface area contributed by atoms with Crippen molar-refractivity contribution in [1.29, 1.82) is 0 Å². The summed E-state index contributed by atoms with van der Waals surface area (Å²) < 4.78 is 20.8. The molecule has 0 saturated carbocycles. The average molecular weight is 803 g/mol. The highest BCUT2D eigenvalue weighted by molar-refractivity contribution is 7.14. The van der Waals surface area contributed by atoms with Crippen molar-refractivity contribution in [3.8, 4) is 21.8 Å². The summed E-state index contributed by atoms with van der Waals surface area (Å²) in [5, 5.41) is 5.93. The summed E-state index contributed by atoms with van der Waals surface area (Å²) in [5.74, 6) is 1.06. The number of aryl methyl sites for hydroxylation is 1. The van der Waals surface area contributed by atoms with Gasteiger partial charge in [-0.2, -0.15) is 9.61 Å². The normalized spacial score (nSPS) is 19.0. The van der Waals surface area contributed by atoms with E-state index < -0.39 is 21.7 Å². The first-order valence-electron chi connectivity index (χ1n) is 19.9. The van der Waals surface area contributed by atoms with Crippen molar-refractivity contribution in [3.63, 3.8) is 0 Å². The number of rotatable bonds is 15. The second-order valence-electron chi connectivity index (χ2n) is 18.7. The molecule has 2 saturated heterocycles. The largest absolute Gasteiger partial charge is 0.444 e. The van der Waals surface area contributed by atoms with Crippen LogP contribution < -0.4 is 10.4 Å². The molecule has 2 bridgehead atoms. The van der Waals surface area contributed by atoms with E-state index in [1.54, 1.807) is 11.3 Å². The second-order valence-corrected chi connectivity index (χ2v) is 31.2. The molecule has 0 spiro atoms. The first kappa shape index (κ1) is 41.5. The van der Waals surface area contributed by atoms with Gasteiger partial charge in [0.2, 0.25) is 0 Å². The highest BCUT2D eigenvalue weighted by Crippen LogP contribution is 2.44. The van der Waals surface area contributed by atoms with E-state index in [1.807, 2.05) is 54.8 Å². The highest BCUT2D eigenvalue weighted by atomic mass is 32.1. The standard InChI is InChI=1S/C40H61BN7O4SSi2/c1-27-22-43-37(53-27)33-15-12-28(23-42-33)32-24-44-48-36(32)45-35(29-20-30-13-14-31(21-29)47(30)39(49)52-40(2,3)4)34(41-5)38(48)46(25-50-16-18-54(6,7)8)26-51-17-19-55(9,10)11/h12,15,22-24,29-31H,13-14,16-21,25-26H2,1-11H3/t29?,30-,31+. The van der Waals surface area contributed by atoms with E-state index >= 15 is 0 Å². The zero-order valence-corrected chi connectivity index (χ0v) is 37.8. The minimum absolute atomic E-state index is 0.103. The van der Waals surface area contributed by atoms with E-state index in [9.17, 15) is 4.79 Å². The Morgan fingerprint density at radius 2 is 1.58 bits per heavy atom. The molecule has 2 aliphatic rings. The Morgan fingerprint density at radius 1 is 0.945 bits per heavy atom. The first-order valence-corrected chi connectivity index (χ1v) is 28.2. The van der Waals surface area contributed by atoms with E-state index in [4.69, 9.17) is 29.3 Å². The average Bonchev–Trinajstić information content (AvgIpc) is 3.80. The topological polar surface area (TPSA) is 107 Å². The molecule has 297 valence electrons. The minimum Gasteiger partial charge on any atom is -0.444 e. The Hall–Kier alpha value is -3.11. The molecular formula is C40H61BN7O4SSi2. The van der Waals surface area contributed by atoms with Crippen LogP contribution in [0.15, 0.2) is 30.7 Å². The number of nitrogens with zero attached hydrogens (tertiary/aromatic N) is 7. The molecule has 1 radical (unpaired) electrons. The molecule has 2 fully saturated rings. The summed E-state index contributed by atoms with van der Waals surface area (Å²) in [6.07, 6.45) is 9.08. The van der Waals surface area contributed by atoms with Gasteiger partial charge in [-0.15, -0.1) is 11.3 Å². The Kier molecular flexibility index (Phi) is 12.7. The lowest BCUT2D eigenvalue weighted by Gasteiger charge is -2.40. The van der Waals surface area contributed by atoms with Crippen LogP contribution in [0.1, 0.15) is 62.9 Å². The highest BCUT2D eigenvalue weighted by Gasteiger charge is 2.46. The van der Waals surface area contributed by atoms with Gasteiger partial charge in [-0.25, -0.2) is 14.8 Å². The van der Waals surface area contributed by atoms with Gasteiger partial charge < -0.3 is 24.0 Å². The molecule has 6 heterocycles. The lowest BCUT2D eigenvalue weighted by atomic mass is 9.69. The number of hydrogen-bond acceptors (Lipinski definition) is 10. The third-order valence-corrected chi connectivity index (χ3v) is 14.7. The third-order valence-electron chi connectivity index (χ3n) is 10.4. The number of piperidine rings is 1. The van der Waals surface area contributed by atoms with Crippen molar-refractivity contribution in [1.82, 2.24) is 29.5 Å². The van der Waals surface area contributed by atoms with Crippen molar-refractivity contribution in [2.75, 3.05) is 31.6 Å². The summed E-state index contributed by atoms with van der Waals surface area (Å²) in [7, 11) is -0.423. The lowest BCUT2D eigenvalue weighted by Crippen LogP contribution is -2.49. The number of ether oxygens (including phenoxy) is 3. The smallest absolute Gasteiger partial charge is 0.410 e. The van der Waals surface area contributed by atoms with Gasteiger partial charge in [-0.1, -0.05) is 52.2 Å². The molecule has 0 N–H and O–H groups in total. The Labute approximate surface area is 334 Å². The molecule has 4 aromatic rings. The maximum absolute atomic E-state index is 13.4. The van der Waals surface area contributed by atoms with Crippen LogP contribution in [0, 0.1) is 6.92 Å². The van der Waals surface area contributed by atoms with E-state index in [2.05, 4.69) is 76.3 Å². The molecule has 0 aliphatic carbocycles. The zero-order chi connectivity index (χ0) is 39.7. The van der Waals surface area contributed by atoms with Crippen LogP contribution >= 0.6 is 11.3 Å². The molecular weight excluding hydrogens is 742 g/mol. The molecule has 6 rings (SSSR count). The quantitative estimate of drug-likeness (QED) is 0.0663. The number of carbonyl (C=O) groups excluding carboxylic acids is 1. The van der Waals surface area contributed by atoms with Gasteiger partial charge in [0.1, 0.15) is 29.9 Å². The number of pyridine rings is 1. The van der Waals surface area contributed by atoms with E-state index in [0.29, 0.717) is 26.7 Å². The molecule has 2 aliphatic heterocycles. The van der Waals surface area contributed by atoms with Gasteiger partial charge in [0, 0.05) is 81.5 Å². The third kappa shape index (κ3) is 10.3. The Bertz CT molecular complexity index is 1900. The number of amides is 1. The fourth-order valence-corrected chi connectivity index (χ4v) is 9.79. The number of carbonyl (C=O) groups is 1. The van der Waals surface area contributed by atoms with Crippen LogP contribution in [0.4, 0.5) is 10.6 Å². The van der Waals surface area contributed by atoms with Gasteiger partial charge in [0.05, 0.1) is 11.9 Å². The number of aromatic nitrogens is 5. The number of hydrogen-bond donors (Lipinski definition) is 0. The zero-order valence-electron chi connectivity index (χ0n) is 34.9. The Balaban J connectivity index is 1.42. The predicted molar refractivity (Wildman–Crippen MR) is 231 cm³/mol. The van der Waals surface area contributed by atoms with Crippen LogP contribution in [0.5, 0.6) is 0 Å². The fourth-order valence-electron chi connectivity index (χ4n) is 7.54. The van der Waals surface area contributed by atoms with Gasteiger partial charge in [0.25, 0.3) is 0 Å². The van der Waals surface area contributed by atoms with Gasteiger partial charge in [-0.05, 0) is 77.0 Å². The fraction of sp³-hybridized carbons (Fsp3) is 0.625. The molecule has 4 aromatic heterocycles. The SMILES string of the molecule is C[B]c1c(C2C[C@H]3CC[C@@H](C2)N3C(=O)OC(C)(C)C)nc2c(-c3ccc(-c4ncc(C)s4)nc3)cnn2c1N(COCC[Si](C)(C)C)COCC[Si](C)(C)C. The second kappa shape index (κ2) is 16.8. The lowest BCUT2D eigenvalue weighted by molar-refractivity contribution is 0.00572. The predicted octanol–water partition coefficient (Wildman–Crippen LogP) is 8.68. The van der Waals surface area contributed by atoms with Crippen LogP contribution in [0.25, 0.3) is 27.5 Å². The van der Waals surface area contributed by atoms with Crippen LogP contribution in [-0.2, 0) is 14.2 Å². The van der Waals surface area contributed by atoms with Crippen molar-refractivity contribution in [3.05, 3.63) is 41.3 Å². The van der Waals surface area contributed by atoms with E-state index in [1.165, 1.54) is 0 Å². The van der Waals surface area contributed by atoms with E-state index in [-0.39, 0.29) is 24.1 Å². The van der Waals surface area contributed by atoms with Gasteiger partial charge in [0.15, 0.2) is 12.9 Å². The summed E-state index contributed by atoms with van der Waals surface area (Å²) in [6, 6.07) is 6.48. The van der Waals surface area contributed by atoms with Crippen molar-refractivity contribution >= 4 is 57.8 Å². The minimum atomic E-state index is -1.30. The number of fused-ring (bicyclic) bond motifs is 3. The summed E-state index contributed by atoms with van der Waals surface area (Å²) in [5.41, 5.74) is 4.99. The van der Waals surface area contributed by atoms with Crippen LogP contribution in [-0.4, -0.2) is 103 Å². The molecule has 1 amide bonds. The summed E-state index contributed by atoms with van der Waals surface area (Å²) in [6.45, 7) is 26.4. The van der Waals surface area contributed by atoms with Crippen molar-refractivity contribution in [2.45, 2.75) is 135 Å². The summed E-state index contributed by atoms with van der Waals surface area (Å²) in [4.78, 5) is 33.7. The molecule has 0 aromatic carbocycles. The Morgan fingerprint density at radius 3 is 2.09 bits per heavy atom. The molecule has 11 nitrogen and oxygen atoms in total. The van der Waals surface area contributed by atoms with Crippen molar-refractivity contribution < 1.29 is 19.0 Å². The van der Waals surface area contributed by atoms with Crippen LogP contribution in [0.2, 0.25) is 58.2 Å². The van der Waals surface area contributed by atoms with Gasteiger partial charge >= 0.3 is 6.09 Å². The molecule has 55 heavy (non-hydrogen) atoms. The number of thiazole rings is 1. The molecule has 3 atom stereocenters. The monoisotopic (exact) mass is 802 g/mol. The van der Waals surface area contributed by atoms with Crippen molar-refractivity contribution in [2.24, 2.45) is 0 Å². The number of anilines is 1. The maximum atomic E-state index is 13.4. The van der Waals surface area contributed by atoms with Gasteiger partial charge in [-0.3, -0.25) is 4.98 Å². The first-order chi connectivity index (χ1) is 25.9. The molecule has 1 unspecified atom stereocenters. The van der Waals surface area contributed by atoms with Crippen LogP contribution in [0.3, 0.4) is 0 Å².